The van der Waals surface area contributed by atoms with E-state index in [9.17, 15) is 9.18 Å². The highest BCUT2D eigenvalue weighted by atomic mass is 19.1. The molecule has 1 amide bonds. The lowest BCUT2D eigenvalue weighted by molar-refractivity contribution is 0.102. The van der Waals surface area contributed by atoms with Gasteiger partial charge in [-0.3, -0.25) is 9.78 Å². The van der Waals surface area contributed by atoms with Gasteiger partial charge in [0, 0.05) is 22.7 Å². The number of carbonyl (C=O) groups excluding carboxylic acids is 1. The van der Waals surface area contributed by atoms with Crippen LogP contribution in [0.25, 0.3) is 10.8 Å². The van der Waals surface area contributed by atoms with E-state index in [0.29, 0.717) is 40.6 Å². The summed E-state index contributed by atoms with van der Waals surface area (Å²) in [6, 6.07) is 10.1. The number of hydrogen-bond acceptors (Lipinski definition) is 4. The number of benzene rings is 1. The van der Waals surface area contributed by atoms with Gasteiger partial charge in [0.05, 0.1) is 12.8 Å². The Bertz CT molecular complexity index is 956. The third-order valence-electron chi connectivity index (χ3n) is 4.89. The van der Waals surface area contributed by atoms with E-state index in [1.807, 2.05) is 0 Å². The van der Waals surface area contributed by atoms with Crippen molar-refractivity contribution in [3.05, 3.63) is 60.3 Å². The monoisotopic (exact) mass is 365 g/mol. The summed E-state index contributed by atoms with van der Waals surface area (Å²) >= 11 is 0. The first-order chi connectivity index (χ1) is 13.2. The number of amides is 1. The average Bonchev–Trinajstić information content (AvgIpc) is 3.22. The van der Waals surface area contributed by atoms with Crippen LogP contribution in [0.1, 0.15) is 36.2 Å². The predicted octanol–water partition coefficient (Wildman–Crippen LogP) is 4.59. The van der Waals surface area contributed by atoms with Crippen molar-refractivity contribution in [1.29, 1.82) is 0 Å². The largest absolute Gasteiger partial charge is 0.477 e. The number of rotatable bonds is 5. The molecule has 6 heteroatoms. The summed E-state index contributed by atoms with van der Waals surface area (Å²) in [7, 11) is 0. The van der Waals surface area contributed by atoms with E-state index < -0.39 is 5.82 Å². The Labute approximate surface area is 156 Å². The van der Waals surface area contributed by atoms with Crippen molar-refractivity contribution in [2.75, 3.05) is 11.9 Å². The van der Waals surface area contributed by atoms with Crippen molar-refractivity contribution >= 4 is 22.4 Å². The van der Waals surface area contributed by atoms with Crippen LogP contribution in [0.2, 0.25) is 0 Å². The highest BCUT2D eigenvalue weighted by Crippen LogP contribution is 2.30. The Morgan fingerprint density at radius 2 is 2.00 bits per heavy atom. The third-order valence-corrected chi connectivity index (χ3v) is 4.89. The minimum absolute atomic E-state index is 0.299. The minimum atomic E-state index is -0.452. The average molecular weight is 365 g/mol. The molecule has 2 aromatic heterocycles. The molecule has 1 saturated carbocycles. The Hall–Kier alpha value is -3.02. The SMILES string of the molecule is O=C(Nc1ccc2c(OCC3CCCC3)ncc(F)c2c1)c1ccccn1. The second-order valence-electron chi connectivity index (χ2n) is 6.80. The number of aromatic nitrogens is 2. The third kappa shape index (κ3) is 3.89. The summed E-state index contributed by atoms with van der Waals surface area (Å²) < 4.78 is 20.2. The smallest absolute Gasteiger partial charge is 0.274 e. The molecule has 27 heavy (non-hydrogen) atoms. The Morgan fingerprint density at radius 3 is 2.78 bits per heavy atom. The molecule has 4 rings (SSSR count). The number of hydrogen-bond donors (Lipinski definition) is 1. The Morgan fingerprint density at radius 1 is 1.15 bits per heavy atom. The zero-order chi connectivity index (χ0) is 18.6. The molecule has 0 bridgehead atoms. The van der Waals surface area contributed by atoms with E-state index in [0.717, 1.165) is 6.20 Å². The lowest BCUT2D eigenvalue weighted by Gasteiger charge is -2.13. The number of carbonyl (C=O) groups is 1. The van der Waals surface area contributed by atoms with E-state index in [-0.39, 0.29) is 5.91 Å². The number of nitrogens with one attached hydrogen (secondary N) is 1. The van der Waals surface area contributed by atoms with E-state index in [4.69, 9.17) is 4.74 Å². The highest BCUT2D eigenvalue weighted by molar-refractivity contribution is 6.04. The van der Waals surface area contributed by atoms with Crippen molar-refractivity contribution in [3.8, 4) is 5.88 Å². The molecule has 0 unspecified atom stereocenters. The van der Waals surface area contributed by atoms with Gasteiger partial charge in [-0.15, -0.1) is 0 Å². The van der Waals surface area contributed by atoms with E-state index in [1.165, 1.54) is 25.7 Å². The summed E-state index contributed by atoms with van der Waals surface area (Å²) in [5.41, 5.74) is 0.790. The van der Waals surface area contributed by atoms with Crippen molar-refractivity contribution in [2.45, 2.75) is 25.7 Å². The molecule has 0 radical (unpaired) electrons. The van der Waals surface area contributed by atoms with Crippen molar-refractivity contribution < 1.29 is 13.9 Å². The molecule has 138 valence electrons. The predicted molar refractivity (Wildman–Crippen MR) is 101 cm³/mol. The van der Waals surface area contributed by atoms with Crippen molar-refractivity contribution in [1.82, 2.24) is 9.97 Å². The molecule has 2 heterocycles. The maximum absolute atomic E-state index is 14.3. The van der Waals surface area contributed by atoms with Crippen LogP contribution >= 0.6 is 0 Å². The van der Waals surface area contributed by atoms with Crippen LogP contribution in [0.4, 0.5) is 10.1 Å². The van der Waals surface area contributed by atoms with Crippen LogP contribution in [0, 0.1) is 11.7 Å². The molecule has 0 saturated heterocycles. The molecule has 1 aliphatic rings. The summed E-state index contributed by atoms with van der Waals surface area (Å²) in [6.07, 6.45) is 7.53. The van der Waals surface area contributed by atoms with Gasteiger partial charge in [-0.05, 0) is 49.1 Å². The first-order valence-corrected chi connectivity index (χ1v) is 9.14. The maximum atomic E-state index is 14.3. The van der Waals surface area contributed by atoms with Crippen molar-refractivity contribution in [2.24, 2.45) is 5.92 Å². The normalized spacial score (nSPS) is 14.4. The molecular weight excluding hydrogens is 345 g/mol. The molecule has 1 fully saturated rings. The number of nitrogens with zero attached hydrogens (tertiary/aromatic N) is 2. The van der Waals surface area contributed by atoms with Gasteiger partial charge in [0.15, 0.2) is 0 Å². The van der Waals surface area contributed by atoms with Gasteiger partial charge in [0.1, 0.15) is 11.5 Å². The zero-order valence-electron chi connectivity index (χ0n) is 14.8. The van der Waals surface area contributed by atoms with Crippen LogP contribution < -0.4 is 10.1 Å². The van der Waals surface area contributed by atoms with Gasteiger partial charge in [-0.1, -0.05) is 18.9 Å². The topological polar surface area (TPSA) is 64.1 Å². The number of anilines is 1. The van der Waals surface area contributed by atoms with Crippen molar-refractivity contribution in [3.63, 3.8) is 0 Å². The van der Waals surface area contributed by atoms with Gasteiger partial charge in [0.2, 0.25) is 5.88 Å². The summed E-state index contributed by atoms with van der Waals surface area (Å²) in [5.74, 6) is 0.180. The number of fused-ring (bicyclic) bond motifs is 1. The molecule has 1 aromatic carbocycles. The van der Waals surface area contributed by atoms with Crippen LogP contribution in [0.3, 0.4) is 0 Å². The fourth-order valence-electron chi connectivity index (χ4n) is 3.44. The maximum Gasteiger partial charge on any atom is 0.274 e. The molecule has 0 aliphatic heterocycles. The summed E-state index contributed by atoms with van der Waals surface area (Å²) in [6.45, 7) is 0.603. The summed E-state index contributed by atoms with van der Waals surface area (Å²) in [5, 5.41) is 3.71. The quantitative estimate of drug-likeness (QED) is 0.718. The summed E-state index contributed by atoms with van der Waals surface area (Å²) in [4.78, 5) is 20.4. The molecule has 1 N–H and O–H groups in total. The van der Waals surface area contributed by atoms with Gasteiger partial charge in [-0.25, -0.2) is 9.37 Å². The molecule has 0 atom stereocenters. The van der Waals surface area contributed by atoms with Crippen LogP contribution in [0.5, 0.6) is 5.88 Å². The molecule has 3 aromatic rings. The van der Waals surface area contributed by atoms with E-state index in [2.05, 4.69) is 15.3 Å². The lowest BCUT2D eigenvalue weighted by Crippen LogP contribution is -2.13. The first kappa shape index (κ1) is 17.4. The second kappa shape index (κ2) is 7.70. The van der Waals surface area contributed by atoms with Gasteiger partial charge in [0.25, 0.3) is 5.91 Å². The van der Waals surface area contributed by atoms with Crippen LogP contribution in [-0.2, 0) is 0 Å². The van der Waals surface area contributed by atoms with E-state index >= 15 is 0 Å². The lowest BCUT2D eigenvalue weighted by atomic mass is 10.1. The molecule has 5 nitrogen and oxygen atoms in total. The van der Waals surface area contributed by atoms with Crippen LogP contribution in [-0.4, -0.2) is 22.5 Å². The zero-order valence-corrected chi connectivity index (χ0v) is 14.8. The molecule has 0 spiro atoms. The highest BCUT2D eigenvalue weighted by Gasteiger charge is 2.17. The van der Waals surface area contributed by atoms with Crippen LogP contribution in [0.15, 0.2) is 48.8 Å². The number of ether oxygens (including phenoxy) is 1. The molecule has 1 aliphatic carbocycles. The van der Waals surface area contributed by atoms with E-state index in [1.54, 1.807) is 42.6 Å². The Balaban J connectivity index is 1.56. The number of pyridine rings is 2. The fourth-order valence-corrected chi connectivity index (χ4v) is 3.44. The first-order valence-electron chi connectivity index (χ1n) is 9.14. The fraction of sp³-hybridized carbons (Fsp3) is 0.286. The Kier molecular flexibility index (Phi) is 4.96. The van der Waals surface area contributed by atoms with Gasteiger partial charge >= 0.3 is 0 Å². The second-order valence-corrected chi connectivity index (χ2v) is 6.80. The van der Waals surface area contributed by atoms with Gasteiger partial charge in [-0.2, -0.15) is 0 Å². The minimum Gasteiger partial charge on any atom is -0.477 e. The standard InChI is InChI=1S/C21H20FN3O2/c22-18-12-24-21(27-13-14-5-1-2-6-14)16-9-8-15(11-17(16)18)25-20(26)19-7-3-4-10-23-19/h3-4,7-12,14H,1-2,5-6,13H2,(H,25,26). The molecular formula is C21H20FN3O2. The number of halogens is 1. The van der Waals surface area contributed by atoms with Gasteiger partial charge < -0.3 is 10.1 Å².